The molecular weight excluding hydrogens is 226 g/mol. The molecule has 2 heterocycles. The van der Waals surface area contributed by atoms with Gasteiger partial charge in [-0.15, -0.1) is 0 Å². The van der Waals surface area contributed by atoms with E-state index in [0.717, 1.165) is 17.5 Å². The third-order valence-corrected chi connectivity index (χ3v) is 3.43. The average Bonchev–Trinajstić information content (AvgIpc) is 3.01. The molecule has 1 saturated carbocycles. The van der Waals surface area contributed by atoms with E-state index in [9.17, 15) is 0 Å². The normalized spacial score (nSPS) is 16.1. The predicted molar refractivity (Wildman–Crippen MR) is 69.8 cm³/mol. The lowest BCUT2D eigenvalue weighted by atomic mass is 10.2. The van der Waals surface area contributed by atoms with Crippen LogP contribution in [0.25, 0.3) is 5.82 Å². The molecule has 0 radical (unpaired) electrons. The number of imidazole rings is 1. The third-order valence-electron chi connectivity index (χ3n) is 3.43. The van der Waals surface area contributed by atoms with E-state index in [1.165, 1.54) is 25.7 Å². The average molecular weight is 243 g/mol. The number of aromatic nitrogens is 4. The number of anilines is 1. The monoisotopic (exact) mass is 243 g/mol. The lowest BCUT2D eigenvalue weighted by molar-refractivity contribution is 0.748. The predicted octanol–water partition coefficient (Wildman–Crippen LogP) is 2.33. The van der Waals surface area contributed by atoms with Crippen molar-refractivity contribution >= 4 is 5.82 Å². The van der Waals surface area contributed by atoms with Crippen molar-refractivity contribution in [3.8, 4) is 5.82 Å². The summed E-state index contributed by atoms with van der Waals surface area (Å²) in [5.74, 6) is 2.70. The van der Waals surface area contributed by atoms with Crippen LogP contribution < -0.4 is 5.32 Å². The molecule has 1 aliphatic carbocycles. The van der Waals surface area contributed by atoms with E-state index in [4.69, 9.17) is 0 Å². The first-order valence-corrected chi connectivity index (χ1v) is 6.42. The number of hydrogen-bond acceptors (Lipinski definition) is 4. The summed E-state index contributed by atoms with van der Waals surface area (Å²) in [4.78, 5) is 12.8. The molecule has 1 fully saturated rings. The first kappa shape index (κ1) is 11.2. The van der Waals surface area contributed by atoms with Gasteiger partial charge in [0.2, 0.25) is 0 Å². The second kappa shape index (κ2) is 4.76. The molecule has 5 nitrogen and oxygen atoms in total. The van der Waals surface area contributed by atoms with Crippen LogP contribution in [0.2, 0.25) is 0 Å². The van der Waals surface area contributed by atoms with Gasteiger partial charge < -0.3 is 5.32 Å². The van der Waals surface area contributed by atoms with E-state index in [-0.39, 0.29) is 0 Å². The van der Waals surface area contributed by atoms with Crippen molar-refractivity contribution < 1.29 is 0 Å². The molecule has 94 valence electrons. The lowest BCUT2D eigenvalue weighted by Gasteiger charge is -2.13. The first-order valence-electron chi connectivity index (χ1n) is 6.42. The minimum atomic E-state index is 0.566. The maximum absolute atomic E-state index is 4.29. The summed E-state index contributed by atoms with van der Waals surface area (Å²) < 4.78 is 1.96. The summed E-state index contributed by atoms with van der Waals surface area (Å²) in [5, 5.41) is 3.48. The molecule has 0 saturated heterocycles. The fourth-order valence-electron chi connectivity index (χ4n) is 2.46. The Labute approximate surface area is 106 Å². The number of aryl methyl sites for hydroxylation is 1. The van der Waals surface area contributed by atoms with Gasteiger partial charge in [-0.25, -0.2) is 15.0 Å². The van der Waals surface area contributed by atoms with E-state index in [2.05, 4.69) is 20.3 Å². The van der Waals surface area contributed by atoms with Gasteiger partial charge >= 0.3 is 0 Å². The molecule has 0 atom stereocenters. The van der Waals surface area contributed by atoms with Gasteiger partial charge in [0.05, 0.1) is 0 Å². The molecule has 0 aromatic carbocycles. The van der Waals surface area contributed by atoms with Gasteiger partial charge in [-0.3, -0.25) is 4.57 Å². The van der Waals surface area contributed by atoms with E-state index in [1.807, 2.05) is 23.8 Å². The van der Waals surface area contributed by atoms with Crippen molar-refractivity contribution in [1.82, 2.24) is 19.5 Å². The maximum Gasteiger partial charge on any atom is 0.143 e. The fraction of sp³-hybridized carbons (Fsp3) is 0.462. The Morgan fingerprint density at radius 3 is 2.78 bits per heavy atom. The molecule has 2 aromatic rings. The number of rotatable bonds is 3. The number of hydrogen-bond donors (Lipinski definition) is 1. The minimum Gasteiger partial charge on any atom is -0.367 e. The number of nitrogens with zero attached hydrogens (tertiary/aromatic N) is 4. The second-order valence-electron chi connectivity index (χ2n) is 4.73. The fourth-order valence-corrected chi connectivity index (χ4v) is 2.46. The van der Waals surface area contributed by atoms with Crippen LogP contribution in [0.4, 0.5) is 5.82 Å². The van der Waals surface area contributed by atoms with E-state index >= 15 is 0 Å². The molecule has 18 heavy (non-hydrogen) atoms. The van der Waals surface area contributed by atoms with Crippen molar-refractivity contribution in [1.29, 1.82) is 0 Å². The number of nitrogens with one attached hydrogen (secondary N) is 1. The van der Waals surface area contributed by atoms with Crippen LogP contribution in [0.1, 0.15) is 31.5 Å². The Kier molecular flexibility index (Phi) is 2.96. The Hall–Kier alpha value is -1.91. The van der Waals surface area contributed by atoms with Gasteiger partial charge in [-0.05, 0) is 19.8 Å². The Morgan fingerprint density at radius 2 is 2.06 bits per heavy atom. The largest absolute Gasteiger partial charge is 0.367 e. The molecular formula is C13H17N5. The zero-order chi connectivity index (χ0) is 12.4. The first-order chi connectivity index (χ1) is 8.83. The Morgan fingerprint density at radius 1 is 1.22 bits per heavy atom. The van der Waals surface area contributed by atoms with Crippen molar-refractivity contribution in [3.63, 3.8) is 0 Å². The third kappa shape index (κ3) is 2.20. The highest BCUT2D eigenvalue weighted by molar-refractivity contribution is 5.41. The summed E-state index contributed by atoms with van der Waals surface area (Å²) in [6.07, 6.45) is 10.4. The molecule has 0 spiro atoms. The van der Waals surface area contributed by atoms with Crippen LogP contribution >= 0.6 is 0 Å². The molecule has 0 bridgehead atoms. The highest BCUT2D eigenvalue weighted by Crippen LogP contribution is 2.21. The van der Waals surface area contributed by atoms with Gasteiger partial charge in [0.15, 0.2) is 0 Å². The van der Waals surface area contributed by atoms with E-state index < -0.39 is 0 Å². The molecule has 3 rings (SSSR count). The van der Waals surface area contributed by atoms with Gasteiger partial charge in [0.1, 0.15) is 23.8 Å². The lowest BCUT2D eigenvalue weighted by Crippen LogP contribution is -2.16. The highest BCUT2D eigenvalue weighted by Gasteiger charge is 2.15. The zero-order valence-corrected chi connectivity index (χ0v) is 10.5. The summed E-state index contributed by atoms with van der Waals surface area (Å²) in [7, 11) is 0. The topological polar surface area (TPSA) is 55.6 Å². The van der Waals surface area contributed by atoms with Crippen molar-refractivity contribution in [2.45, 2.75) is 38.6 Å². The molecule has 1 aliphatic rings. The Balaban J connectivity index is 1.82. The van der Waals surface area contributed by atoms with Crippen molar-refractivity contribution in [2.75, 3.05) is 5.32 Å². The molecule has 0 unspecified atom stereocenters. The molecule has 2 aromatic heterocycles. The quantitative estimate of drug-likeness (QED) is 0.899. The van der Waals surface area contributed by atoms with Crippen molar-refractivity contribution in [3.05, 3.63) is 30.6 Å². The van der Waals surface area contributed by atoms with Gasteiger partial charge in [-0.2, -0.15) is 0 Å². The van der Waals surface area contributed by atoms with E-state index in [0.29, 0.717) is 6.04 Å². The maximum atomic E-state index is 4.29. The standard InChI is InChI=1S/C13H17N5/c1-10-14-6-7-18(10)13-8-12(15-9-16-13)17-11-4-2-3-5-11/h6-9,11H,2-5H2,1H3,(H,15,16,17). The minimum absolute atomic E-state index is 0.566. The summed E-state index contributed by atoms with van der Waals surface area (Å²) in [5.41, 5.74) is 0. The molecule has 5 heteroatoms. The molecule has 0 amide bonds. The summed E-state index contributed by atoms with van der Waals surface area (Å²) >= 11 is 0. The zero-order valence-electron chi connectivity index (χ0n) is 10.5. The van der Waals surface area contributed by atoms with Crippen LogP contribution in [0.3, 0.4) is 0 Å². The molecule has 1 N–H and O–H groups in total. The highest BCUT2D eigenvalue weighted by atomic mass is 15.1. The van der Waals surface area contributed by atoms with Crippen LogP contribution in [0.5, 0.6) is 0 Å². The Bertz CT molecular complexity index is 528. The summed E-state index contributed by atoms with van der Waals surface area (Å²) in [6.45, 7) is 1.96. The van der Waals surface area contributed by atoms with Crippen LogP contribution in [0.15, 0.2) is 24.8 Å². The SMILES string of the molecule is Cc1nccn1-c1cc(NC2CCCC2)ncn1. The van der Waals surface area contributed by atoms with E-state index in [1.54, 1.807) is 12.5 Å². The molecule has 0 aliphatic heterocycles. The van der Waals surface area contributed by atoms with Crippen LogP contribution in [0, 0.1) is 6.92 Å². The smallest absolute Gasteiger partial charge is 0.143 e. The summed E-state index contributed by atoms with van der Waals surface area (Å²) in [6, 6.07) is 2.55. The van der Waals surface area contributed by atoms with Gasteiger partial charge in [0, 0.05) is 24.5 Å². The van der Waals surface area contributed by atoms with Crippen molar-refractivity contribution in [2.24, 2.45) is 0 Å². The second-order valence-corrected chi connectivity index (χ2v) is 4.73. The van der Waals surface area contributed by atoms with Gasteiger partial charge in [0.25, 0.3) is 0 Å². The van der Waals surface area contributed by atoms with Crippen LogP contribution in [-0.4, -0.2) is 25.6 Å². The van der Waals surface area contributed by atoms with Gasteiger partial charge in [-0.1, -0.05) is 12.8 Å². The van der Waals surface area contributed by atoms with Crippen LogP contribution in [-0.2, 0) is 0 Å².